The van der Waals surface area contributed by atoms with E-state index in [0.29, 0.717) is 15.7 Å². The van der Waals surface area contributed by atoms with Crippen molar-refractivity contribution in [2.45, 2.75) is 6.61 Å². The Morgan fingerprint density at radius 2 is 2.08 bits per heavy atom. The topological polar surface area (TPSA) is 12.5 Å². The van der Waals surface area contributed by atoms with Crippen LogP contribution < -0.4 is 0 Å². The molecule has 1 aromatic carbocycles. The molecule has 1 aromatic rings. The molecule has 0 atom stereocenters. The highest BCUT2D eigenvalue weighted by molar-refractivity contribution is 6.32. The number of rotatable bonds is 3. The zero-order valence-electron chi connectivity index (χ0n) is 6.01. The van der Waals surface area contributed by atoms with Crippen LogP contribution in [0.5, 0.6) is 0 Å². The first-order chi connectivity index (χ1) is 5.68. The van der Waals surface area contributed by atoms with Gasteiger partial charge in [0.15, 0.2) is 0 Å². The molecule has 0 radical (unpaired) electrons. The maximum Gasteiger partial charge on any atom is 0.0966 e. The van der Waals surface area contributed by atoms with E-state index in [2.05, 4.69) is 0 Å². The second-order valence-electron chi connectivity index (χ2n) is 2.11. The fourth-order valence-corrected chi connectivity index (χ4v) is 1.06. The Balaban J connectivity index is 2.52. The molecular formula is C7H6Cl3NO. The predicted octanol–water partition coefficient (Wildman–Crippen LogP) is 3.38. The third-order valence-electron chi connectivity index (χ3n) is 1.22. The average molecular weight is 226 g/mol. The standard InChI is InChI=1S/C7H6Cl3NO/c8-7-3-1-2-6(4-7)5-12-11(9)10/h1-4H,5H2. The fourth-order valence-electron chi connectivity index (χ4n) is 0.750. The van der Waals surface area contributed by atoms with Gasteiger partial charge in [-0.3, -0.25) is 4.84 Å². The second kappa shape index (κ2) is 4.90. The van der Waals surface area contributed by atoms with Crippen LogP contribution >= 0.6 is 35.2 Å². The van der Waals surface area contributed by atoms with Gasteiger partial charge in [0.25, 0.3) is 0 Å². The van der Waals surface area contributed by atoms with Crippen LogP contribution in [0.3, 0.4) is 0 Å². The maximum absolute atomic E-state index is 5.73. The summed E-state index contributed by atoms with van der Waals surface area (Å²) in [4.78, 5) is 4.79. The largest absolute Gasteiger partial charge is 0.264 e. The maximum atomic E-state index is 5.73. The minimum absolute atomic E-state index is 0.299. The van der Waals surface area contributed by atoms with Gasteiger partial charge >= 0.3 is 0 Å². The average Bonchev–Trinajstić information content (AvgIpc) is 2.01. The van der Waals surface area contributed by atoms with E-state index in [1.54, 1.807) is 12.1 Å². The Morgan fingerprint density at radius 3 is 2.67 bits per heavy atom. The molecule has 0 bridgehead atoms. The molecule has 0 spiro atoms. The van der Waals surface area contributed by atoms with Crippen molar-refractivity contribution in [1.29, 1.82) is 0 Å². The van der Waals surface area contributed by atoms with E-state index in [4.69, 9.17) is 40.0 Å². The van der Waals surface area contributed by atoms with Crippen molar-refractivity contribution in [3.05, 3.63) is 34.9 Å². The summed E-state index contributed by atoms with van der Waals surface area (Å²) in [6.07, 6.45) is 0. The van der Waals surface area contributed by atoms with Crippen LogP contribution in [-0.4, -0.2) is 4.10 Å². The van der Waals surface area contributed by atoms with Crippen LogP contribution in [0.15, 0.2) is 24.3 Å². The van der Waals surface area contributed by atoms with Crippen molar-refractivity contribution < 1.29 is 4.84 Å². The summed E-state index contributed by atoms with van der Waals surface area (Å²) in [5.74, 6) is 0. The Hall–Kier alpha value is 0.01000. The van der Waals surface area contributed by atoms with Crippen molar-refractivity contribution >= 4 is 35.2 Å². The number of benzene rings is 1. The molecule has 66 valence electrons. The molecule has 0 amide bonds. The number of nitrogens with zero attached hydrogens (tertiary/aromatic N) is 1. The van der Waals surface area contributed by atoms with Gasteiger partial charge in [0.05, 0.1) is 6.61 Å². The van der Waals surface area contributed by atoms with Crippen LogP contribution in [0.1, 0.15) is 5.56 Å². The van der Waals surface area contributed by atoms with Crippen LogP contribution in [0.2, 0.25) is 5.02 Å². The minimum Gasteiger partial charge on any atom is -0.264 e. The van der Waals surface area contributed by atoms with E-state index in [1.807, 2.05) is 12.1 Å². The van der Waals surface area contributed by atoms with Crippen LogP contribution in [0, 0.1) is 0 Å². The fraction of sp³-hybridized carbons (Fsp3) is 0.143. The molecule has 0 aliphatic rings. The molecule has 0 unspecified atom stereocenters. The van der Waals surface area contributed by atoms with Gasteiger partial charge in [-0.25, -0.2) is 0 Å². The predicted molar refractivity (Wildman–Crippen MR) is 49.8 cm³/mol. The summed E-state index contributed by atoms with van der Waals surface area (Å²) < 4.78 is 0.612. The number of hydrogen-bond acceptors (Lipinski definition) is 2. The van der Waals surface area contributed by atoms with Gasteiger partial charge in [0, 0.05) is 28.6 Å². The summed E-state index contributed by atoms with van der Waals surface area (Å²) in [7, 11) is 0. The first-order valence-corrected chi connectivity index (χ1v) is 4.23. The van der Waals surface area contributed by atoms with E-state index in [9.17, 15) is 0 Å². The van der Waals surface area contributed by atoms with Gasteiger partial charge < -0.3 is 0 Å². The third kappa shape index (κ3) is 3.61. The molecule has 5 heteroatoms. The van der Waals surface area contributed by atoms with Crippen molar-refractivity contribution in [3.8, 4) is 0 Å². The molecule has 0 fully saturated rings. The SMILES string of the molecule is Clc1cccc(CON(Cl)Cl)c1. The molecule has 0 aliphatic heterocycles. The summed E-state index contributed by atoms with van der Waals surface area (Å²) in [6, 6.07) is 7.25. The van der Waals surface area contributed by atoms with Crippen molar-refractivity contribution in [1.82, 2.24) is 4.10 Å². The van der Waals surface area contributed by atoms with E-state index in [-0.39, 0.29) is 0 Å². The van der Waals surface area contributed by atoms with Crippen LogP contribution in [-0.2, 0) is 11.4 Å². The molecule has 0 N–H and O–H groups in total. The van der Waals surface area contributed by atoms with Crippen molar-refractivity contribution in [2.24, 2.45) is 0 Å². The van der Waals surface area contributed by atoms with Crippen LogP contribution in [0.4, 0.5) is 0 Å². The van der Waals surface area contributed by atoms with Gasteiger partial charge in [0.2, 0.25) is 0 Å². The lowest BCUT2D eigenvalue weighted by molar-refractivity contribution is -0.0259. The lowest BCUT2D eigenvalue weighted by Gasteiger charge is -2.04. The Labute approximate surface area is 85.8 Å². The molecule has 0 aromatic heterocycles. The van der Waals surface area contributed by atoms with Crippen LogP contribution in [0.25, 0.3) is 0 Å². The normalized spacial score (nSPS) is 10.7. The zero-order chi connectivity index (χ0) is 8.97. The molecule has 0 aliphatic carbocycles. The molecular weight excluding hydrogens is 220 g/mol. The monoisotopic (exact) mass is 225 g/mol. The first-order valence-electron chi connectivity index (χ1n) is 3.17. The summed E-state index contributed by atoms with van der Waals surface area (Å²) >= 11 is 16.1. The molecule has 0 saturated carbocycles. The van der Waals surface area contributed by atoms with Gasteiger partial charge in [-0.05, 0) is 21.8 Å². The van der Waals surface area contributed by atoms with E-state index in [1.165, 1.54) is 0 Å². The Morgan fingerprint density at radius 1 is 1.33 bits per heavy atom. The quantitative estimate of drug-likeness (QED) is 0.579. The lowest BCUT2D eigenvalue weighted by atomic mass is 10.2. The summed E-state index contributed by atoms with van der Waals surface area (Å²) in [6.45, 7) is 0.299. The second-order valence-corrected chi connectivity index (χ2v) is 3.33. The minimum atomic E-state index is 0.299. The summed E-state index contributed by atoms with van der Waals surface area (Å²) in [5.41, 5.74) is 0.911. The molecule has 2 nitrogen and oxygen atoms in total. The Bertz CT molecular complexity index is 254. The van der Waals surface area contributed by atoms with E-state index >= 15 is 0 Å². The first kappa shape index (κ1) is 10.1. The highest BCUT2D eigenvalue weighted by atomic mass is 35.5. The third-order valence-corrected chi connectivity index (χ3v) is 1.65. The Kier molecular flexibility index (Phi) is 4.12. The van der Waals surface area contributed by atoms with E-state index in [0.717, 1.165) is 5.56 Å². The molecule has 0 saturated heterocycles. The number of halogens is 3. The lowest BCUT2D eigenvalue weighted by Crippen LogP contribution is -1.99. The number of hydrogen-bond donors (Lipinski definition) is 0. The molecule has 0 heterocycles. The van der Waals surface area contributed by atoms with E-state index < -0.39 is 0 Å². The zero-order valence-corrected chi connectivity index (χ0v) is 8.27. The highest BCUT2D eigenvalue weighted by Gasteiger charge is 1.97. The van der Waals surface area contributed by atoms with Gasteiger partial charge in [-0.2, -0.15) is 0 Å². The summed E-state index contributed by atoms with van der Waals surface area (Å²) in [5, 5.41) is 0.659. The van der Waals surface area contributed by atoms with Crippen molar-refractivity contribution in [2.75, 3.05) is 0 Å². The molecule has 1 rings (SSSR count). The highest BCUT2D eigenvalue weighted by Crippen LogP contribution is 2.12. The molecule has 12 heavy (non-hydrogen) atoms. The van der Waals surface area contributed by atoms with Crippen molar-refractivity contribution in [3.63, 3.8) is 0 Å². The van der Waals surface area contributed by atoms with Gasteiger partial charge in [-0.15, -0.1) is 0 Å². The van der Waals surface area contributed by atoms with Gasteiger partial charge in [-0.1, -0.05) is 23.7 Å². The smallest absolute Gasteiger partial charge is 0.0966 e. The van der Waals surface area contributed by atoms with Gasteiger partial charge in [0.1, 0.15) is 0 Å².